The lowest BCUT2D eigenvalue weighted by Crippen LogP contribution is -2.61. The van der Waals surface area contributed by atoms with Crippen LogP contribution >= 0.6 is 0 Å². The highest BCUT2D eigenvalue weighted by atomic mass is 16.5. The summed E-state index contributed by atoms with van der Waals surface area (Å²) in [6, 6.07) is 7.16. The Bertz CT molecular complexity index is 1290. The summed E-state index contributed by atoms with van der Waals surface area (Å²) in [7, 11) is 0. The molecule has 2 aromatic rings. The molecular weight excluding hydrogens is 498 g/mol. The molecule has 2 aliphatic rings. The first kappa shape index (κ1) is 28.2. The van der Waals surface area contributed by atoms with Crippen LogP contribution in [0.5, 0.6) is 0 Å². The van der Waals surface area contributed by atoms with Crippen molar-refractivity contribution in [3.05, 3.63) is 47.7 Å². The van der Waals surface area contributed by atoms with E-state index in [1.54, 1.807) is 26.8 Å². The van der Waals surface area contributed by atoms with Crippen molar-refractivity contribution in [2.24, 2.45) is 11.8 Å². The monoisotopic (exact) mass is 535 g/mol. The summed E-state index contributed by atoms with van der Waals surface area (Å²) in [6.45, 7) is 9.16. The molecule has 10 heteroatoms. The number of hydrogen-bond acceptors (Lipinski definition) is 7. The standard InChI is InChI=1S/C29H37N5O5/c1-16(2)25-27(36)30-18(4)28(37)34-14-6-7-23(33-34)29(38)39-19(5)22-13-12-21-11-10-20(15-24(21)31-22)9-8-17(3)26(35)32-25/h8-13,15-19,23,25,33H,6-7,14H2,1-5H3,(H,30,36)(H,32,35)/b9-8+/t17-,18+,19-,23+,25?/m1/s1. The molecule has 3 amide bonds. The van der Waals surface area contributed by atoms with Gasteiger partial charge in [-0.15, -0.1) is 0 Å². The Hall–Kier alpha value is -3.79. The molecule has 10 nitrogen and oxygen atoms in total. The van der Waals surface area contributed by atoms with Gasteiger partial charge in [-0.05, 0) is 50.3 Å². The van der Waals surface area contributed by atoms with Gasteiger partial charge in [-0.3, -0.25) is 24.2 Å². The fourth-order valence-corrected chi connectivity index (χ4v) is 4.67. The molecule has 3 N–H and O–H groups in total. The van der Waals surface area contributed by atoms with Gasteiger partial charge in [0.15, 0.2) is 0 Å². The normalized spacial score (nSPS) is 28.2. The molecule has 1 saturated heterocycles. The number of rotatable bonds is 1. The number of carbonyl (C=O) groups is 4. The molecule has 0 saturated carbocycles. The third-order valence-corrected chi connectivity index (χ3v) is 7.15. The molecule has 5 atom stereocenters. The van der Waals surface area contributed by atoms with Gasteiger partial charge in [0.05, 0.1) is 17.1 Å². The molecule has 0 aliphatic carbocycles. The highest BCUT2D eigenvalue weighted by Gasteiger charge is 2.34. The molecule has 1 fully saturated rings. The second kappa shape index (κ2) is 11.9. The molecule has 0 spiro atoms. The highest BCUT2D eigenvalue weighted by molar-refractivity contribution is 5.93. The van der Waals surface area contributed by atoms with Gasteiger partial charge in [-0.25, -0.2) is 10.4 Å². The third-order valence-electron chi connectivity index (χ3n) is 7.15. The fraction of sp³-hybridized carbons (Fsp3) is 0.483. The molecule has 1 aromatic heterocycles. The van der Waals surface area contributed by atoms with Crippen molar-refractivity contribution in [3.63, 3.8) is 0 Å². The smallest absolute Gasteiger partial charge is 0.325 e. The van der Waals surface area contributed by atoms with Crippen LogP contribution in [0.2, 0.25) is 0 Å². The molecule has 208 valence electrons. The Morgan fingerprint density at radius 2 is 1.74 bits per heavy atom. The molecule has 1 unspecified atom stereocenters. The minimum atomic E-state index is -0.870. The Morgan fingerprint density at radius 1 is 1.00 bits per heavy atom. The van der Waals surface area contributed by atoms with Gasteiger partial charge in [-0.2, -0.15) is 0 Å². The quantitative estimate of drug-likeness (QED) is 0.479. The van der Waals surface area contributed by atoms with E-state index in [-0.39, 0.29) is 17.7 Å². The summed E-state index contributed by atoms with van der Waals surface area (Å²) in [6.07, 6.45) is 4.12. The van der Waals surface area contributed by atoms with Crippen LogP contribution in [0.25, 0.3) is 17.0 Å². The SMILES string of the molecule is CC(C)C1NC(=O)[C@H](C)/C=C/c2ccc3ccc(nc3c2)[C@@H](C)OC(=O)[C@@H]2CCCN(N2)C(=O)[C@H](C)NC1=O. The summed E-state index contributed by atoms with van der Waals surface area (Å²) < 4.78 is 5.73. The minimum Gasteiger partial charge on any atom is -0.455 e. The molecule has 3 heterocycles. The van der Waals surface area contributed by atoms with E-state index in [4.69, 9.17) is 9.72 Å². The van der Waals surface area contributed by atoms with Crippen LogP contribution in [0.1, 0.15) is 64.8 Å². The van der Waals surface area contributed by atoms with Gasteiger partial charge in [0, 0.05) is 11.9 Å². The van der Waals surface area contributed by atoms with Crippen LogP contribution in [0.4, 0.5) is 0 Å². The van der Waals surface area contributed by atoms with E-state index in [2.05, 4.69) is 16.1 Å². The Labute approximate surface area is 228 Å². The van der Waals surface area contributed by atoms with E-state index < -0.39 is 42.0 Å². The first-order valence-electron chi connectivity index (χ1n) is 13.5. The second-order valence-corrected chi connectivity index (χ2v) is 10.7. The number of fused-ring (bicyclic) bond motifs is 4. The van der Waals surface area contributed by atoms with Crippen LogP contribution < -0.4 is 16.1 Å². The van der Waals surface area contributed by atoms with E-state index in [0.29, 0.717) is 25.1 Å². The maximum atomic E-state index is 13.1. The van der Waals surface area contributed by atoms with E-state index in [1.807, 2.05) is 50.3 Å². The summed E-state index contributed by atoms with van der Waals surface area (Å²) >= 11 is 0. The summed E-state index contributed by atoms with van der Waals surface area (Å²) in [5, 5.41) is 7.85. The largest absolute Gasteiger partial charge is 0.455 e. The van der Waals surface area contributed by atoms with Crippen LogP contribution in [0, 0.1) is 11.8 Å². The lowest BCUT2D eigenvalue weighted by Gasteiger charge is -2.35. The molecule has 39 heavy (non-hydrogen) atoms. The number of amides is 3. The van der Waals surface area contributed by atoms with Crippen LogP contribution in [0.15, 0.2) is 36.4 Å². The first-order valence-corrected chi connectivity index (χ1v) is 13.5. The van der Waals surface area contributed by atoms with Crippen molar-refractivity contribution >= 4 is 40.7 Å². The number of benzene rings is 1. The van der Waals surface area contributed by atoms with Crippen LogP contribution in [-0.4, -0.2) is 58.4 Å². The lowest BCUT2D eigenvalue weighted by molar-refractivity contribution is -0.157. The zero-order chi connectivity index (χ0) is 28.3. The highest BCUT2D eigenvalue weighted by Crippen LogP contribution is 2.23. The predicted octanol–water partition coefficient (Wildman–Crippen LogP) is 2.64. The van der Waals surface area contributed by atoms with E-state index in [1.165, 1.54) is 5.01 Å². The summed E-state index contributed by atoms with van der Waals surface area (Å²) in [5.74, 6) is -2.30. The van der Waals surface area contributed by atoms with Crippen molar-refractivity contribution in [1.29, 1.82) is 0 Å². The molecular formula is C29H37N5O5. The number of nitrogens with one attached hydrogen (secondary N) is 3. The van der Waals surface area contributed by atoms with Gasteiger partial charge < -0.3 is 15.4 Å². The van der Waals surface area contributed by atoms with Crippen LogP contribution in [0.3, 0.4) is 0 Å². The summed E-state index contributed by atoms with van der Waals surface area (Å²) in [5.41, 5.74) is 5.17. The average molecular weight is 536 g/mol. The van der Waals surface area contributed by atoms with Crippen molar-refractivity contribution in [1.82, 2.24) is 26.1 Å². The fourth-order valence-electron chi connectivity index (χ4n) is 4.67. The number of pyridine rings is 1. The Kier molecular flexibility index (Phi) is 8.64. The van der Waals surface area contributed by atoms with Gasteiger partial charge in [0.1, 0.15) is 24.2 Å². The number of aromatic nitrogens is 1. The van der Waals surface area contributed by atoms with Crippen molar-refractivity contribution in [2.45, 2.75) is 71.7 Å². The second-order valence-electron chi connectivity index (χ2n) is 10.7. The molecule has 5 bridgehead atoms. The number of cyclic esters (lactones) is 1. The topological polar surface area (TPSA) is 130 Å². The van der Waals surface area contributed by atoms with Crippen molar-refractivity contribution < 1.29 is 23.9 Å². The van der Waals surface area contributed by atoms with Crippen LogP contribution in [-0.2, 0) is 23.9 Å². The van der Waals surface area contributed by atoms with E-state index >= 15 is 0 Å². The maximum absolute atomic E-state index is 13.1. The van der Waals surface area contributed by atoms with E-state index in [9.17, 15) is 19.2 Å². The number of nitrogens with zero attached hydrogens (tertiary/aromatic N) is 2. The number of carbonyl (C=O) groups excluding carboxylic acids is 4. The van der Waals surface area contributed by atoms with E-state index in [0.717, 1.165) is 16.5 Å². The molecule has 2 aliphatic heterocycles. The number of ether oxygens (including phenoxy) is 1. The predicted molar refractivity (Wildman–Crippen MR) is 147 cm³/mol. The zero-order valence-corrected chi connectivity index (χ0v) is 23.1. The summed E-state index contributed by atoms with van der Waals surface area (Å²) in [4.78, 5) is 56.9. The Balaban J connectivity index is 1.67. The van der Waals surface area contributed by atoms with Gasteiger partial charge in [0.25, 0.3) is 5.91 Å². The lowest BCUT2D eigenvalue weighted by atomic mass is 10.0. The maximum Gasteiger partial charge on any atom is 0.325 e. The number of hydrogen-bond donors (Lipinski definition) is 3. The number of esters is 1. The third kappa shape index (κ3) is 6.62. The number of hydrazine groups is 1. The Morgan fingerprint density at radius 3 is 2.49 bits per heavy atom. The van der Waals surface area contributed by atoms with Crippen molar-refractivity contribution in [2.75, 3.05) is 6.54 Å². The minimum absolute atomic E-state index is 0.205. The van der Waals surface area contributed by atoms with Gasteiger partial charge in [0.2, 0.25) is 11.8 Å². The van der Waals surface area contributed by atoms with Gasteiger partial charge >= 0.3 is 5.97 Å². The molecule has 4 rings (SSSR count). The molecule has 0 radical (unpaired) electrons. The first-order chi connectivity index (χ1) is 18.5. The molecule has 1 aromatic carbocycles. The van der Waals surface area contributed by atoms with Crippen molar-refractivity contribution in [3.8, 4) is 0 Å². The average Bonchev–Trinajstić information content (AvgIpc) is 2.92. The zero-order valence-electron chi connectivity index (χ0n) is 23.1. The van der Waals surface area contributed by atoms with Gasteiger partial charge in [-0.1, -0.05) is 51.1 Å².